The van der Waals surface area contributed by atoms with Crippen LogP contribution in [0.3, 0.4) is 0 Å². The molecule has 0 radical (unpaired) electrons. The summed E-state index contributed by atoms with van der Waals surface area (Å²) in [6.07, 6.45) is 2.37. The quantitative estimate of drug-likeness (QED) is 0.414. The number of hydrogen-bond donors (Lipinski definition) is 2. The van der Waals surface area contributed by atoms with E-state index in [0.29, 0.717) is 0 Å². The average Bonchev–Trinajstić information content (AvgIpc) is 2.79. The maximum absolute atomic E-state index is 4.45. The number of aromatic nitrogens is 2. The van der Waals surface area contributed by atoms with Crippen molar-refractivity contribution in [1.82, 2.24) is 25.3 Å². The zero-order valence-corrected chi connectivity index (χ0v) is 15.7. The Hall–Kier alpha value is -1.56. The summed E-state index contributed by atoms with van der Waals surface area (Å²) < 4.78 is 1.93. The van der Waals surface area contributed by atoms with Gasteiger partial charge in [0, 0.05) is 38.4 Å². The van der Waals surface area contributed by atoms with Crippen LogP contribution in [0.5, 0.6) is 0 Å². The Morgan fingerprint density at radius 2 is 1.87 bits per heavy atom. The van der Waals surface area contributed by atoms with E-state index in [-0.39, 0.29) is 0 Å². The van der Waals surface area contributed by atoms with Crippen molar-refractivity contribution >= 4 is 5.96 Å². The summed E-state index contributed by atoms with van der Waals surface area (Å²) in [6.45, 7) is 13.7. The van der Waals surface area contributed by atoms with E-state index in [1.165, 1.54) is 24.2 Å². The van der Waals surface area contributed by atoms with Crippen molar-refractivity contribution in [1.29, 1.82) is 0 Å². The summed E-state index contributed by atoms with van der Waals surface area (Å²) in [6, 6.07) is 0. The molecule has 132 valence electrons. The van der Waals surface area contributed by atoms with Gasteiger partial charge in [0.1, 0.15) is 0 Å². The van der Waals surface area contributed by atoms with Gasteiger partial charge in [-0.05, 0) is 46.3 Å². The van der Waals surface area contributed by atoms with Gasteiger partial charge in [0.2, 0.25) is 0 Å². The van der Waals surface area contributed by atoms with Crippen molar-refractivity contribution in [2.24, 2.45) is 12.0 Å². The highest BCUT2D eigenvalue weighted by Gasteiger charge is 2.09. The van der Waals surface area contributed by atoms with Crippen LogP contribution in [0.1, 0.15) is 43.6 Å². The molecule has 6 nitrogen and oxygen atoms in total. The molecule has 1 aromatic heterocycles. The summed E-state index contributed by atoms with van der Waals surface area (Å²) in [5, 5.41) is 11.2. The van der Waals surface area contributed by atoms with E-state index in [0.717, 1.165) is 44.3 Å². The number of hydrogen-bond acceptors (Lipinski definition) is 3. The molecule has 0 aliphatic rings. The number of nitrogens with zero attached hydrogens (tertiary/aromatic N) is 4. The average molecular weight is 323 g/mol. The third-order valence-corrected chi connectivity index (χ3v) is 4.40. The second-order valence-electron chi connectivity index (χ2n) is 5.86. The van der Waals surface area contributed by atoms with Crippen LogP contribution >= 0.6 is 0 Å². The molecule has 1 aromatic rings. The van der Waals surface area contributed by atoms with Crippen molar-refractivity contribution in [3.8, 4) is 0 Å². The van der Waals surface area contributed by atoms with Gasteiger partial charge in [-0.1, -0.05) is 13.8 Å². The molecular weight excluding hydrogens is 288 g/mol. The maximum atomic E-state index is 4.45. The minimum absolute atomic E-state index is 0.755. The second kappa shape index (κ2) is 10.3. The minimum atomic E-state index is 0.755. The molecule has 0 spiro atoms. The van der Waals surface area contributed by atoms with E-state index >= 15 is 0 Å². The zero-order chi connectivity index (χ0) is 17.2. The van der Waals surface area contributed by atoms with Gasteiger partial charge in [-0.3, -0.25) is 9.67 Å². The largest absolute Gasteiger partial charge is 0.356 e. The number of nitrogens with one attached hydrogen (secondary N) is 2. The van der Waals surface area contributed by atoms with Crippen LogP contribution in [-0.4, -0.2) is 53.9 Å². The number of guanidine groups is 1. The highest BCUT2D eigenvalue weighted by molar-refractivity contribution is 5.79. The highest BCUT2D eigenvalue weighted by atomic mass is 15.3. The SMILES string of the molecule is CCN(CC)CCCCNC(=NC)NCc1c(C)nn(C)c1C. The van der Waals surface area contributed by atoms with Gasteiger partial charge < -0.3 is 15.5 Å². The van der Waals surface area contributed by atoms with Crippen molar-refractivity contribution in [3.05, 3.63) is 17.0 Å². The molecule has 0 aromatic carbocycles. The number of aryl methyl sites for hydroxylation is 2. The standard InChI is InChI=1S/C17H34N6/c1-7-23(8-2)12-10-9-11-19-17(18-5)20-13-16-14(3)21-22(6)15(16)4/h7-13H2,1-6H3,(H2,18,19,20). The van der Waals surface area contributed by atoms with E-state index < -0.39 is 0 Å². The molecule has 6 heteroatoms. The highest BCUT2D eigenvalue weighted by Crippen LogP contribution is 2.10. The van der Waals surface area contributed by atoms with Gasteiger partial charge in [-0.25, -0.2) is 0 Å². The van der Waals surface area contributed by atoms with Gasteiger partial charge in [0.25, 0.3) is 0 Å². The Morgan fingerprint density at radius 3 is 2.39 bits per heavy atom. The lowest BCUT2D eigenvalue weighted by Crippen LogP contribution is -2.37. The first-order chi connectivity index (χ1) is 11.0. The van der Waals surface area contributed by atoms with Crippen LogP contribution in [-0.2, 0) is 13.6 Å². The molecule has 1 rings (SSSR count). The Bertz CT molecular complexity index is 488. The molecule has 0 bridgehead atoms. The van der Waals surface area contributed by atoms with Crippen LogP contribution in [0.25, 0.3) is 0 Å². The van der Waals surface area contributed by atoms with Crippen LogP contribution in [0.15, 0.2) is 4.99 Å². The Labute approximate surface area is 141 Å². The van der Waals surface area contributed by atoms with Gasteiger partial charge in [-0.15, -0.1) is 0 Å². The first kappa shape index (κ1) is 19.5. The third kappa shape index (κ3) is 6.22. The van der Waals surface area contributed by atoms with Crippen molar-refractivity contribution < 1.29 is 0 Å². The summed E-state index contributed by atoms with van der Waals surface area (Å²) >= 11 is 0. The molecular formula is C17H34N6. The smallest absolute Gasteiger partial charge is 0.191 e. The topological polar surface area (TPSA) is 57.5 Å². The summed E-state index contributed by atoms with van der Waals surface area (Å²) in [5.74, 6) is 0.857. The van der Waals surface area contributed by atoms with Gasteiger partial charge in [0.15, 0.2) is 5.96 Å². The van der Waals surface area contributed by atoms with Crippen molar-refractivity contribution in [2.75, 3.05) is 33.2 Å². The lowest BCUT2D eigenvalue weighted by atomic mass is 10.2. The zero-order valence-electron chi connectivity index (χ0n) is 15.7. The van der Waals surface area contributed by atoms with E-state index in [4.69, 9.17) is 0 Å². The Morgan fingerprint density at radius 1 is 1.17 bits per heavy atom. The molecule has 0 aliphatic heterocycles. The first-order valence-electron chi connectivity index (χ1n) is 8.69. The van der Waals surface area contributed by atoms with Gasteiger partial charge in [-0.2, -0.15) is 5.10 Å². The summed E-state index contributed by atoms with van der Waals surface area (Å²) in [7, 11) is 3.79. The monoisotopic (exact) mass is 322 g/mol. The molecule has 23 heavy (non-hydrogen) atoms. The fourth-order valence-electron chi connectivity index (χ4n) is 2.67. The normalized spacial score (nSPS) is 12.0. The maximum Gasteiger partial charge on any atom is 0.191 e. The molecule has 0 unspecified atom stereocenters. The third-order valence-electron chi connectivity index (χ3n) is 4.40. The fourth-order valence-corrected chi connectivity index (χ4v) is 2.67. The summed E-state index contributed by atoms with van der Waals surface area (Å²) in [5.41, 5.74) is 3.52. The van der Waals surface area contributed by atoms with Crippen LogP contribution in [0.4, 0.5) is 0 Å². The molecule has 0 fully saturated rings. The molecule has 0 aliphatic carbocycles. The first-order valence-corrected chi connectivity index (χ1v) is 8.69. The fraction of sp³-hybridized carbons (Fsp3) is 0.765. The molecule has 0 saturated carbocycles. The summed E-state index contributed by atoms with van der Waals surface area (Å²) in [4.78, 5) is 6.75. The molecule has 0 amide bonds. The van der Waals surface area contributed by atoms with E-state index in [2.05, 4.69) is 46.4 Å². The second-order valence-corrected chi connectivity index (χ2v) is 5.86. The lowest BCUT2D eigenvalue weighted by molar-refractivity contribution is 0.297. The Kier molecular flexibility index (Phi) is 8.69. The Balaban J connectivity index is 2.30. The van der Waals surface area contributed by atoms with Crippen molar-refractivity contribution in [2.45, 2.75) is 47.1 Å². The molecule has 0 saturated heterocycles. The number of unbranched alkanes of at least 4 members (excludes halogenated alkanes) is 1. The van der Waals surface area contributed by atoms with Crippen LogP contribution in [0, 0.1) is 13.8 Å². The molecule has 2 N–H and O–H groups in total. The predicted molar refractivity (Wildman–Crippen MR) is 97.9 cm³/mol. The van der Waals surface area contributed by atoms with Gasteiger partial charge >= 0.3 is 0 Å². The van der Waals surface area contributed by atoms with Crippen molar-refractivity contribution in [3.63, 3.8) is 0 Å². The molecule has 1 heterocycles. The van der Waals surface area contributed by atoms with E-state index in [1.54, 1.807) is 0 Å². The van der Waals surface area contributed by atoms with Crippen LogP contribution < -0.4 is 10.6 Å². The number of rotatable bonds is 9. The van der Waals surface area contributed by atoms with Crippen LogP contribution in [0.2, 0.25) is 0 Å². The minimum Gasteiger partial charge on any atom is -0.356 e. The van der Waals surface area contributed by atoms with E-state index in [9.17, 15) is 0 Å². The lowest BCUT2D eigenvalue weighted by Gasteiger charge is -2.18. The van der Waals surface area contributed by atoms with E-state index in [1.807, 2.05) is 25.7 Å². The predicted octanol–water partition coefficient (Wildman–Crippen LogP) is 1.82. The number of aliphatic imine (C=N–C) groups is 1. The molecule has 0 atom stereocenters. The van der Waals surface area contributed by atoms with Gasteiger partial charge in [0.05, 0.1) is 5.69 Å².